The molecule has 0 amide bonds. The Labute approximate surface area is 272 Å². The van der Waals surface area contributed by atoms with E-state index in [1.54, 1.807) is 0 Å². The molecule has 7 rings (SSSR count). The molecule has 0 radical (unpaired) electrons. The second kappa shape index (κ2) is 13.8. The van der Waals surface area contributed by atoms with Gasteiger partial charge in [-0.2, -0.15) is 0 Å². The topological polar surface area (TPSA) is 0 Å². The van der Waals surface area contributed by atoms with Gasteiger partial charge in [-0.15, -0.1) is 0 Å². The van der Waals surface area contributed by atoms with Crippen LogP contribution in [0.1, 0.15) is 44.3 Å². The summed E-state index contributed by atoms with van der Waals surface area (Å²) < 4.78 is 1.07. The summed E-state index contributed by atoms with van der Waals surface area (Å²) in [6.07, 6.45) is 9.71. The molecule has 0 saturated heterocycles. The molecule has 0 unspecified atom stereocenters. The monoisotopic (exact) mass is 656 g/mol. The average molecular weight is 658 g/mol. The standard InChI is InChI=1S/3C13H11.C5H5.Zr/c3*1-3-7-12(8-4-1)11-13-9-5-2-6-10-13;1-2-4-5-3-1;/h3*1-11H;1-5H;. The summed E-state index contributed by atoms with van der Waals surface area (Å²) in [4.78, 5) is 0. The van der Waals surface area contributed by atoms with Crippen LogP contribution in [-0.2, 0) is 20.3 Å². The molecule has 6 aromatic rings. The van der Waals surface area contributed by atoms with E-state index in [9.17, 15) is 0 Å². The van der Waals surface area contributed by atoms with Crippen molar-refractivity contribution in [2.75, 3.05) is 0 Å². The fourth-order valence-corrected chi connectivity index (χ4v) is 26.9. The van der Waals surface area contributed by atoms with Crippen LogP contribution in [0.2, 0.25) is 3.63 Å². The van der Waals surface area contributed by atoms with Crippen LogP contribution >= 0.6 is 0 Å². The van der Waals surface area contributed by atoms with Gasteiger partial charge in [0.1, 0.15) is 0 Å². The van der Waals surface area contributed by atoms with Gasteiger partial charge < -0.3 is 0 Å². The molecule has 0 saturated carbocycles. The average Bonchev–Trinajstić information content (AvgIpc) is 3.67. The molecule has 0 atom stereocenters. The van der Waals surface area contributed by atoms with Crippen molar-refractivity contribution in [2.45, 2.75) is 14.5 Å². The van der Waals surface area contributed by atoms with Gasteiger partial charge in [0.2, 0.25) is 0 Å². The van der Waals surface area contributed by atoms with Gasteiger partial charge in [-0.3, -0.25) is 0 Å². The molecule has 45 heavy (non-hydrogen) atoms. The Bertz CT molecular complexity index is 1500. The van der Waals surface area contributed by atoms with E-state index in [-0.39, 0.29) is 10.9 Å². The number of hydrogen-bond donors (Lipinski definition) is 0. The zero-order valence-electron chi connectivity index (χ0n) is 25.4. The van der Waals surface area contributed by atoms with E-state index in [0.29, 0.717) is 3.63 Å². The predicted octanol–water partition coefficient (Wildman–Crippen LogP) is 11.4. The normalized spacial score (nSPS) is 13.2. The van der Waals surface area contributed by atoms with Crippen LogP contribution in [0.4, 0.5) is 0 Å². The number of benzene rings is 6. The fraction of sp³-hybridized carbons (Fsp3) is 0.0909. The second-order valence-electron chi connectivity index (χ2n) is 12.1. The molecule has 0 N–H and O–H groups in total. The van der Waals surface area contributed by atoms with Gasteiger partial charge in [0.05, 0.1) is 0 Å². The first-order valence-corrected chi connectivity index (χ1v) is 21.7. The fourth-order valence-electron chi connectivity index (χ4n) is 8.02. The maximum absolute atomic E-state index is 4.12. The van der Waals surface area contributed by atoms with E-state index in [4.69, 9.17) is 0 Å². The van der Waals surface area contributed by atoms with Crippen LogP contribution in [0.5, 0.6) is 0 Å². The van der Waals surface area contributed by atoms with E-state index >= 15 is 0 Å². The molecule has 6 aromatic carbocycles. The summed E-state index contributed by atoms with van der Waals surface area (Å²) in [6, 6.07) is 68.6. The van der Waals surface area contributed by atoms with Crippen LogP contribution in [-0.4, -0.2) is 0 Å². The summed E-state index contributed by atoms with van der Waals surface area (Å²) in [5.74, 6) is 0. The Morgan fingerprint density at radius 1 is 0.289 bits per heavy atom. The summed E-state index contributed by atoms with van der Waals surface area (Å²) in [6.45, 7) is 0. The van der Waals surface area contributed by atoms with E-state index < -0.39 is 20.3 Å². The molecule has 0 heterocycles. The summed E-state index contributed by atoms with van der Waals surface area (Å²) >= 11 is -4.12. The van der Waals surface area contributed by atoms with Gasteiger partial charge in [-0.05, 0) is 0 Å². The van der Waals surface area contributed by atoms with Crippen LogP contribution in [0.25, 0.3) is 0 Å². The van der Waals surface area contributed by atoms with Gasteiger partial charge in [0.25, 0.3) is 0 Å². The third-order valence-electron chi connectivity index (χ3n) is 9.62. The van der Waals surface area contributed by atoms with Crippen LogP contribution in [0, 0.1) is 0 Å². The summed E-state index contributed by atoms with van der Waals surface area (Å²) in [5.41, 5.74) is 8.51. The maximum atomic E-state index is 2.55. The van der Waals surface area contributed by atoms with Gasteiger partial charge in [-0.1, -0.05) is 0 Å². The van der Waals surface area contributed by atoms with Gasteiger partial charge in [-0.25, -0.2) is 0 Å². The molecule has 0 spiro atoms. The van der Waals surface area contributed by atoms with Crippen molar-refractivity contribution < 1.29 is 20.3 Å². The van der Waals surface area contributed by atoms with Gasteiger partial charge >= 0.3 is 274 Å². The third kappa shape index (κ3) is 5.79. The summed E-state index contributed by atoms with van der Waals surface area (Å²) in [5, 5.41) is 0. The Morgan fingerprint density at radius 3 is 0.689 bits per heavy atom. The molecule has 1 aliphatic carbocycles. The molecule has 0 aromatic heterocycles. The molecule has 1 heteroatoms. The Kier molecular flexibility index (Phi) is 8.99. The van der Waals surface area contributed by atoms with Crippen molar-refractivity contribution in [1.29, 1.82) is 0 Å². The number of hydrogen-bond acceptors (Lipinski definition) is 0. The quantitative estimate of drug-likeness (QED) is 0.138. The van der Waals surface area contributed by atoms with Gasteiger partial charge in [0.15, 0.2) is 0 Å². The minimum absolute atomic E-state index is 0.245. The second-order valence-corrected chi connectivity index (χ2v) is 22.9. The van der Waals surface area contributed by atoms with Crippen molar-refractivity contribution in [3.8, 4) is 0 Å². The molecule has 0 fully saturated rings. The van der Waals surface area contributed by atoms with E-state index in [1.807, 2.05) is 0 Å². The third-order valence-corrected chi connectivity index (χ3v) is 25.7. The van der Waals surface area contributed by atoms with E-state index in [0.717, 1.165) is 0 Å². The first-order chi connectivity index (χ1) is 22.4. The molecule has 0 aliphatic heterocycles. The molecular weight excluding hydrogens is 620 g/mol. The zero-order chi connectivity index (χ0) is 30.3. The molecule has 1 aliphatic rings. The van der Waals surface area contributed by atoms with Crippen molar-refractivity contribution in [1.82, 2.24) is 0 Å². The van der Waals surface area contributed by atoms with Gasteiger partial charge in [0, 0.05) is 0 Å². The number of rotatable bonds is 10. The number of allylic oxidation sites excluding steroid dienone is 4. The Hall–Kier alpha value is -4.32. The van der Waals surface area contributed by atoms with Crippen molar-refractivity contribution in [3.05, 3.63) is 240 Å². The van der Waals surface area contributed by atoms with E-state index in [1.165, 1.54) is 33.4 Å². The molecule has 0 nitrogen and oxygen atoms in total. The Morgan fingerprint density at radius 2 is 0.489 bits per heavy atom. The van der Waals surface area contributed by atoms with Crippen molar-refractivity contribution in [3.63, 3.8) is 0 Å². The first-order valence-electron chi connectivity index (χ1n) is 16.0. The Balaban J connectivity index is 1.70. The van der Waals surface area contributed by atoms with Crippen LogP contribution in [0.15, 0.2) is 206 Å². The van der Waals surface area contributed by atoms with Crippen molar-refractivity contribution in [2.24, 2.45) is 0 Å². The minimum atomic E-state index is -4.12. The SMILES string of the molecule is C1=C[CH]([Zr]([CH](c2ccccc2)c2ccccc2)([CH](c2ccccc2)c2ccccc2)[CH](c2ccccc2)c2ccccc2)C=C1. The van der Waals surface area contributed by atoms with Crippen molar-refractivity contribution >= 4 is 0 Å². The van der Waals surface area contributed by atoms with Crippen LogP contribution < -0.4 is 0 Å². The molecule has 0 bridgehead atoms. The molecular formula is C44H38Zr. The first kappa shape index (κ1) is 29.4. The predicted molar refractivity (Wildman–Crippen MR) is 186 cm³/mol. The van der Waals surface area contributed by atoms with E-state index in [2.05, 4.69) is 206 Å². The molecule has 218 valence electrons. The summed E-state index contributed by atoms with van der Waals surface area (Å²) in [7, 11) is 0. The zero-order valence-corrected chi connectivity index (χ0v) is 27.9. The van der Waals surface area contributed by atoms with Crippen LogP contribution in [0.3, 0.4) is 0 Å².